The number of aryl methyl sites for hydroxylation is 1. The minimum Gasteiger partial charge on any atom is -0.271 e. The fourth-order valence-electron chi connectivity index (χ4n) is 1.50. The topological polar surface area (TPSA) is 38.0 Å². The summed E-state index contributed by atoms with van der Waals surface area (Å²) in [5.41, 5.74) is 4.36. The van der Waals surface area contributed by atoms with Crippen LogP contribution in [0.4, 0.5) is 0 Å². The summed E-state index contributed by atoms with van der Waals surface area (Å²) in [6.45, 7) is 8.70. The highest BCUT2D eigenvalue weighted by molar-refractivity contribution is 7.10. The van der Waals surface area contributed by atoms with Crippen LogP contribution < -0.4 is 11.3 Å². The highest BCUT2D eigenvalue weighted by Crippen LogP contribution is 2.35. The van der Waals surface area contributed by atoms with E-state index in [9.17, 15) is 0 Å². The van der Waals surface area contributed by atoms with E-state index >= 15 is 0 Å². The molecule has 0 aromatic carbocycles. The molecule has 0 amide bonds. The van der Waals surface area contributed by atoms with Gasteiger partial charge in [-0.2, -0.15) is 0 Å². The molecule has 1 atom stereocenters. The molecule has 13 heavy (non-hydrogen) atoms. The zero-order valence-corrected chi connectivity index (χ0v) is 9.53. The van der Waals surface area contributed by atoms with Crippen LogP contribution in [0.1, 0.15) is 37.3 Å². The maximum absolute atomic E-state index is 5.57. The molecule has 0 saturated carbocycles. The molecule has 1 aromatic heterocycles. The first-order valence-electron chi connectivity index (χ1n) is 4.47. The van der Waals surface area contributed by atoms with Crippen LogP contribution in [0.2, 0.25) is 0 Å². The summed E-state index contributed by atoms with van der Waals surface area (Å²) < 4.78 is 0. The number of hydrogen-bond acceptors (Lipinski definition) is 3. The molecule has 0 aliphatic heterocycles. The summed E-state index contributed by atoms with van der Waals surface area (Å²) in [5, 5.41) is 2.11. The van der Waals surface area contributed by atoms with Crippen LogP contribution in [0, 0.1) is 12.3 Å². The second-order valence-corrected chi connectivity index (χ2v) is 5.52. The molecule has 74 valence electrons. The predicted octanol–water partition coefficient (Wildman–Crippen LogP) is 2.61. The van der Waals surface area contributed by atoms with E-state index in [1.54, 1.807) is 11.3 Å². The van der Waals surface area contributed by atoms with E-state index in [1.165, 1.54) is 10.4 Å². The molecule has 3 N–H and O–H groups in total. The molecule has 0 saturated heterocycles. The third-order valence-electron chi connectivity index (χ3n) is 2.24. The summed E-state index contributed by atoms with van der Waals surface area (Å²) >= 11 is 1.77. The number of rotatable bonds is 2. The number of hydrazine groups is 1. The lowest BCUT2D eigenvalue weighted by Gasteiger charge is -2.30. The summed E-state index contributed by atoms with van der Waals surface area (Å²) in [5.74, 6) is 5.57. The van der Waals surface area contributed by atoms with Crippen LogP contribution in [0.15, 0.2) is 11.4 Å². The van der Waals surface area contributed by atoms with E-state index in [-0.39, 0.29) is 11.5 Å². The maximum atomic E-state index is 5.57. The van der Waals surface area contributed by atoms with Gasteiger partial charge in [0.05, 0.1) is 6.04 Å². The van der Waals surface area contributed by atoms with Crippen LogP contribution in [-0.2, 0) is 0 Å². The molecular formula is C10H18N2S. The Labute approximate surface area is 84.1 Å². The number of nitrogens with two attached hydrogens (primary N) is 1. The normalized spacial score (nSPS) is 14.5. The van der Waals surface area contributed by atoms with Gasteiger partial charge in [-0.1, -0.05) is 20.8 Å². The average molecular weight is 198 g/mol. The van der Waals surface area contributed by atoms with Gasteiger partial charge in [0.1, 0.15) is 0 Å². The number of hydrogen-bond donors (Lipinski definition) is 2. The fraction of sp³-hybridized carbons (Fsp3) is 0.600. The van der Waals surface area contributed by atoms with Crippen molar-refractivity contribution in [1.82, 2.24) is 5.43 Å². The van der Waals surface area contributed by atoms with Crippen molar-refractivity contribution >= 4 is 11.3 Å². The highest BCUT2D eigenvalue weighted by atomic mass is 32.1. The standard InChI is InChI=1S/C10H18N2S/c1-7-8(5-6-13-7)9(12-11)10(2,3)4/h5-6,9,12H,11H2,1-4H3. The number of thiophene rings is 1. The summed E-state index contributed by atoms with van der Waals surface area (Å²) in [7, 11) is 0. The summed E-state index contributed by atoms with van der Waals surface area (Å²) in [4.78, 5) is 1.35. The lowest BCUT2D eigenvalue weighted by molar-refractivity contribution is 0.275. The van der Waals surface area contributed by atoms with Crippen molar-refractivity contribution in [2.24, 2.45) is 11.3 Å². The largest absolute Gasteiger partial charge is 0.271 e. The zero-order valence-electron chi connectivity index (χ0n) is 8.72. The van der Waals surface area contributed by atoms with E-state index in [4.69, 9.17) is 5.84 Å². The lowest BCUT2D eigenvalue weighted by Crippen LogP contribution is -2.36. The van der Waals surface area contributed by atoms with Gasteiger partial charge in [0.2, 0.25) is 0 Å². The maximum Gasteiger partial charge on any atom is 0.0519 e. The molecule has 0 bridgehead atoms. The van der Waals surface area contributed by atoms with E-state index in [1.807, 2.05) is 0 Å². The van der Waals surface area contributed by atoms with Gasteiger partial charge < -0.3 is 0 Å². The Bertz CT molecular complexity index is 273. The van der Waals surface area contributed by atoms with E-state index in [2.05, 4.69) is 44.6 Å². The van der Waals surface area contributed by atoms with Crippen molar-refractivity contribution in [3.8, 4) is 0 Å². The average Bonchev–Trinajstić information content (AvgIpc) is 2.35. The van der Waals surface area contributed by atoms with Crippen molar-refractivity contribution in [2.45, 2.75) is 33.7 Å². The molecule has 1 unspecified atom stereocenters. The molecule has 0 spiro atoms. The first-order chi connectivity index (χ1) is 5.96. The Morgan fingerprint density at radius 1 is 1.46 bits per heavy atom. The first-order valence-corrected chi connectivity index (χ1v) is 5.35. The van der Waals surface area contributed by atoms with Gasteiger partial charge in [0, 0.05) is 4.88 Å². The van der Waals surface area contributed by atoms with Crippen molar-refractivity contribution in [2.75, 3.05) is 0 Å². The Hall–Kier alpha value is -0.380. The molecule has 0 fully saturated rings. The lowest BCUT2D eigenvalue weighted by atomic mass is 9.83. The number of nitrogens with one attached hydrogen (secondary N) is 1. The predicted molar refractivity (Wildman–Crippen MR) is 58.6 cm³/mol. The van der Waals surface area contributed by atoms with Crippen molar-refractivity contribution < 1.29 is 0 Å². The third kappa shape index (κ3) is 2.30. The van der Waals surface area contributed by atoms with Gasteiger partial charge >= 0.3 is 0 Å². The zero-order chi connectivity index (χ0) is 10.1. The van der Waals surface area contributed by atoms with E-state index in [0.29, 0.717) is 0 Å². The summed E-state index contributed by atoms with van der Waals surface area (Å²) in [6, 6.07) is 2.38. The monoisotopic (exact) mass is 198 g/mol. The van der Waals surface area contributed by atoms with Crippen molar-refractivity contribution in [1.29, 1.82) is 0 Å². The molecule has 1 heterocycles. The minimum atomic E-state index is 0.153. The minimum absolute atomic E-state index is 0.153. The van der Waals surface area contributed by atoms with Crippen LogP contribution in [-0.4, -0.2) is 0 Å². The van der Waals surface area contributed by atoms with Gasteiger partial charge in [0.15, 0.2) is 0 Å². The fourth-order valence-corrected chi connectivity index (χ4v) is 2.24. The molecule has 0 radical (unpaired) electrons. The molecule has 1 rings (SSSR count). The molecule has 1 aromatic rings. The van der Waals surface area contributed by atoms with Gasteiger partial charge in [-0.25, -0.2) is 0 Å². The second-order valence-electron chi connectivity index (χ2n) is 4.40. The summed E-state index contributed by atoms with van der Waals surface area (Å²) in [6.07, 6.45) is 0. The molecule has 0 aliphatic rings. The van der Waals surface area contributed by atoms with Crippen LogP contribution in [0.25, 0.3) is 0 Å². The molecule has 0 aliphatic carbocycles. The first kappa shape index (κ1) is 10.7. The van der Waals surface area contributed by atoms with Crippen LogP contribution in [0.3, 0.4) is 0 Å². The van der Waals surface area contributed by atoms with Gasteiger partial charge in [-0.15, -0.1) is 11.3 Å². The van der Waals surface area contributed by atoms with Gasteiger partial charge in [0.25, 0.3) is 0 Å². The van der Waals surface area contributed by atoms with Crippen LogP contribution in [0.5, 0.6) is 0 Å². The van der Waals surface area contributed by atoms with Crippen molar-refractivity contribution in [3.05, 3.63) is 21.9 Å². The third-order valence-corrected chi connectivity index (χ3v) is 3.10. The molecular weight excluding hydrogens is 180 g/mol. The molecule has 2 nitrogen and oxygen atoms in total. The Kier molecular flexibility index (Phi) is 3.11. The molecule has 3 heteroatoms. The van der Waals surface area contributed by atoms with Gasteiger partial charge in [-0.3, -0.25) is 11.3 Å². The highest BCUT2D eigenvalue weighted by Gasteiger charge is 2.26. The van der Waals surface area contributed by atoms with E-state index in [0.717, 1.165) is 0 Å². The van der Waals surface area contributed by atoms with Crippen LogP contribution >= 0.6 is 11.3 Å². The van der Waals surface area contributed by atoms with E-state index < -0.39 is 0 Å². The Morgan fingerprint density at radius 2 is 2.08 bits per heavy atom. The van der Waals surface area contributed by atoms with Crippen molar-refractivity contribution in [3.63, 3.8) is 0 Å². The Morgan fingerprint density at radius 3 is 2.38 bits per heavy atom. The second kappa shape index (κ2) is 3.78. The SMILES string of the molecule is Cc1sccc1C(NN)C(C)(C)C. The quantitative estimate of drug-likeness (QED) is 0.566. The smallest absolute Gasteiger partial charge is 0.0519 e. The van der Waals surface area contributed by atoms with Gasteiger partial charge in [-0.05, 0) is 29.3 Å². The Balaban J connectivity index is 2.98.